The molecular formula is C9H12BNO. The maximum Gasteiger partial charge on any atom is 0.217 e. The van der Waals surface area contributed by atoms with E-state index in [0.717, 1.165) is 6.42 Å². The summed E-state index contributed by atoms with van der Waals surface area (Å²) < 4.78 is 0. The molecule has 2 N–H and O–H groups in total. The van der Waals surface area contributed by atoms with Crippen LogP contribution in [0.1, 0.15) is 12.0 Å². The monoisotopic (exact) mass is 161 g/mol. The van der Waals surface area contributed by atoms with Gasteiger partial charge in [0.15, 0.2) is 0 Å². The molecule has 0 aliphatic carbocycles. The summed E-state index contributed by atoms with van der Waals surface area (Å²) in [5, 5.41) is 0. The maximum absolute atomic E-state index is 10.5. The highest BCUT2D eigenvalue weighted by molar-refractivity contribution is 6.33. The lowest BCUT2D eigenvalue weighted by Crippen LogP contribution is -2.15. The van der Waals surface area contributed by atoms with Crippen molar-refractivity contribution in [2.75, 3.05) is 0 Å². The van der Waals surface area contributed by atoms with Gasteiger partial charge in [-0.15, -0.1) is 0 Å². The first-order valence-corrected chi connectivity index (χ1v) is 4.03. The topological polar surface area (TPSA) is 43.1 Å². The zero-order chi connectivity index (χ0) is 8.97. The summed E-state index contributed by atoms with van der Waals surface area (Å²) in [7, 11) is 2.04. The van der Waals surface area contributed by atoms with Crippen LogP contribution in [-0.4, -0.2) is 13.8 Å². The Morgan fingerprint density at radius 1 is 1.42 bits per heavy atom. The molecule has 1 rings (SSSR count). The minimum Gasteiger partial charge on any atom is -0.370 e. The van der Waals surface area contributed by atoms with E-state index in [0.29, 0.717) is 6.42 Å². The van der Waals surface area contributed by atoms with E-state index in [2.05, 4.69) is 0 Å². The van der Waals surface area contributed by atoms with Gasteiger partial charge in [0.25, 0.3) is 0 Å². The fourth-order valence-electron chi connectivity index (χ4n) is 1.15. The summed E-state index contributed by atoms with van der Waals surface area (Å²) in [5.74, 6) is -0.238. The van der Waals surface area contributed by atoms with Crippen molar-refractivity contribution in [3.8, 4) is 0 Å². The summed E-state index contributed by atoms with van der Waals surface area (Å²) in [6, 6.07) is 8.03. The van der Waals surface area contributed by atoms with Crippen molar-refractivity contribution in [3.05, 3.63) is 29.8 Å². The highest BCUT2D eigenvalue weighted by atomic mass is 16.1. The van der Waals surface area contributed by atoms with Gasteiger partial charge >= 0.3 is 0 Å². The van der Waals surface area contributed by atoms with Gasteiger partial charge in [-0.2, -0.15) is 0 Å². The van der Waals surface area contributed by atoms with E-state index in [1.165, 1.54) is 11.0 Å². The normalized spacial score (nSPS) is 9.67. The Hall–Kier alpha value is -1.25. The molecule has 0 atom stereocenters. The largest absolute Gasteiger partial charge is 0.370 e. The zero-order valence-electron chi connectivity index (χ0n) is 7.21. The van der Waals surface area contributed by atoms with Gasteiger partial charge in [-0.3, -0.25) is 4.79 Å². The Morgan fingerprint density at radius 2 is 2.08 bits per heavy atom. The van der Waals surface area contributed by atoms with Crippen molar-refractivity contribution in [2.24, 2.45) is 5.73 Å². The number of carbonyl (C=O) groups is 1. The second-order valence-corrected chi connectivity index (χ2v) is 2.89. The van der Waals surface area contributed by atoms with Gasteiger partial charge in [0.05, 0.1) is 0 Å². The van der Waals surface area contributed by atoms with Crippen molar-refractivity contribution in [3.63, 3.8) is 0 Å². The fraction of sp³-hybridized carbons (Fsp3) is 0.222. The summed E-state index contributed by atoms with van der Waals surface area (Å²) in [6.45, 7) is 0. The van der Waals surface area contributed by atoms with Gasteiger partial charge < -0.3 is 5.73 Å². The molecule has 1 aromatic rings. The maximum atomic E-state index is 10.5. The van der Waals surface area contributed by atoms with Crippen LogP contribution in [0.25, 0.3) is 0 Å². The predicted octanol–water partition coefficient (Wildman–Crippen LogP) is -0.637. The van der Waals surface area contributed by atoms with E-state index in [9.17, 15) is 4.79 Å². The van der Waals surface area contributed by atoms with Gasteiger partial charge in [0.2, 0.25) is 5.91 Å². The second-order valence-electron chi connectivity index (χ2n) is 2.89. The molecule has 0 fully saturated rings. The minimum atomic E-state index is -0.238. The van der Waals surface area contributed by atoms with Crippen LogP contribution in [0.4, 0.5) is 0 Å². The van der Waals surface area contributed by atoms with Crippen LogP contribution in [0.5, 0.6) is 0 Å². The molecule has 0 aliphatic rings. The van der Waals surface area contributed by atoms with Crippen LogP contribution in [0.15, 0.2) is 24.3 Å². The predicted molar refractivity (Wildman–Crippen MR) is 52.1 cm³/mol. The zero-order valence-corrected chi connectivity index (χ0v) is 7.21. The Bertz CT molecular complexity index is 286. The van der Waals surface area contributed by atoms with Crippen molar-refractivity contribution < 1.29 is 4.79 Å². The summed E-state index contributed by atoms with van der Waals surface area (Å²) in [6.07, 6.45) is 1.19. The number of rotatable bonds is 3. The van der Waals surface area contributed by atoms with Crippen molar-refractivity contribution >= 4 is 19.2 Å². The van der Waals surface area contributed by atoms with Gasteiger partial charge in [-0.05, 0) is 6.42 Å². The van der Waals surface area contributed by atoms with Crippen LogP contribution in [-0.2, 0) is 11.2 Å². The number of hydrogen-bond donors (Lipinski definition) is 1. The molecule has 12 heavy (non-hydrogen) atoms. The molecule has 0 bridgehead atoms. The first-order valence-electron chi connectivity index (χ1n) is 4.03. The van der Waals surface area contributed by atoms with Crippen LogP contribution >= 0.6 is 0 Å². The van der Waals surface area contributed by atoms with E-state index in [4.69, 9.17) is 5.73 Å². The Morgan fingerprint density at radius 3 is 2.67 bits per heavy atom. The quantitative estimate of drug-likeness (QED) is 0.589. The van der Waals surface area contributed by atoms with Gasteiger partial charge in [0.1, 0.15) is 7.85 Å². The Kier molecular flexibility index (Phi) is 2.91. The molecule has 0 saturated carbocycles. The molecule has 62 valence electrons. The van der Waals surface area contributed by atoms with Crippen molar-refractivity contribution in [2.45, 2.75) is 12.8 Å². The molecule has 0 aromatic heterocycles. The molecule has 3 heteroatoms. The lowest BCUT2D eigenvalue weighted by molar-refractivity contribution is -0.117. The van der Waals surface area contributed by atoms with E-state index in [1.54, 1.807) is 0 Å². The summed E-state index contributed by atoms with van der Waals surface area (Å²) >= 11 is 0. The minimum absolute atomic E-state index is 0.238. The van der Waals surface area contributed by atoms with Gasteiger partial charge in [-0.1, -0.05) is 35.3 Å². The number of hydrogen-bond acceptors (Lipinski definition) is 1. The smallest absolute Gasteiger partial charge is 0.217 e. The third-order valence-electron chi connectivity index (χ3n) is 1.90. The average molecular weight is 161 g/mol. The second kappa shape index (κ2) is 3.95. The van der Waals surface area contributed by atoms with E-state index in [-0.39, 0.29) is 5.91 Å². The summed E-state index contributed by atoms with van der Waals surface area (Å²) in [5.41, 5.74) is 7.48. The molecule has 1 aromatic carbocycles. The van der Waals surface area contributed by atoms with Crippen LogP contribution in [0, 0.1) is 0 Å². The molecular weight excluding hydrogens is 149 g/mol. The molecule has 0 heterocycles. The van der Waals surface area contributed by atoms with E-state index >= 15 is 0 Å². The summed E-state index contributed by atoms with van der Waals surface area (Å²) in [4.78, 5) is 10.5. The molecule has 0 unspecified atom stereocenters. The third-order valence-corrected chi connectivity index (χ3v) is 1.90. The lowest BCUT2D eigenvalue weighted by Gasteiger charge is -2.02. The lowest BCUT2D eigenvalue weighted by atomic mass is 9.89. The molecule has 2 nitrogen and oxygen atoms in total. The molecule has 0 radical (unpaired) electrons. The van der Waals surface area contributed by atoms with Gasteiger partial charge in [0, 0.05) is 6.42 Å². The SMILES string of the molecule is Bc1ccccc1CCC(N)=O. The number of benzene rings is 1. The fourth-order valence-corrected chi connectivity index (χ4v) is 1.15. The number of carbonyl (C=O) groups excluding carboxylic acids is 1. The Labute approximate surface area is 73.2 Å². The standard InChI is InChI=1S/C9H12BNO/c10-8-4-2-1-3-7(8)5-6-9(11)12/h1-4H,5-6,10H2,(H2,11,12). The highest BCUT2D eigenvalue weighted by Crippen LogP contribution is 1.98. The van der Waals surface area contributed by atoms with Crippen molar-refractivity contribution in [1.29, 1.82) is 0 Å². The molecule has 0 saturated heterocycles. The van der Waals surface area contributed by atoms with Crippen LogP contribution in [0.2, 0.25) is 0 Å². The van der Waals surface area contributed by atoms with Crippen LogP contribution < -0.4 is 11.2 Å². The number of aryl methyl sites for hydroxylation is 1. The van der Waals surface area contributed by atoms with Gasteiger partial charge in [-0.25, -0.2) is 0 Å². The highest BCUT2D eigenvalue weighted by Gasteiger charge is 1.98. The first-order chi connectivity index (χ1) is 5.70. The molecule has 0 aliphatic heterocycles. The third kappa shape index (κ3) is 2.42. The number of amides is 1. The molecule has 1 amide bonds. The number of nitrogens with two attached hydrogens (primary N) is 1. The van der Waals surface area contributed by atoms with Crippen molar-refractivity contribution in [1.82, 2.24) is 0 Å². The van der Waals surface area contributed by atoms with E-state index < -0.39 is 0 Å². The van der Waals surface area contributed by atoms with E-state index in [1.807, 2.05) is 32.1 Å². The number of primary amides is 1. The first kappa shape index (κ1) is 8.85. The Balaban J connectivity index is 2.63. The average Bonchev–Trinajstić information content (AvgIpc) is 2.03. The molecule has 0 spiro atoms. The van der Waals surface area contributed by atoms with Crippen LogP contribution in [0.3, 0.4) is 0 Å².